The van der Waals surface area contributed by atoms with E-state index in [1.165, 1.54) is 25.0 Å². The summed E-state index contributed by atoms with van der Waals surface area (Å²) in [7, 11) is 0. The minimum Gasteiger partial charge on any atom is -0.377 e. The summed E-state index contributed by atoms with van der Waals surface area (Å²) < 4.78 is 5.60. The van der Waals surface area contributed by atoms with Crippen molar-refractivity contribution in [2.75, 3.05) is 24.7 Å². The molecular weight excluding hydrogens is 256 g/mol. The smallest absolute Gasteiger partial charge is 0.103 e. The van der Waals surface area contributed by atoms with Gasteiger partial charge in [0.15, 0.2) is 0 Å². The van der Waals surface area contributed by atoms with Crippen molar-refractivity contribution in [3.8, 4) is 6.07 Å². The van der Waals surface area contributed by atoms with E-state index < -0.39 is 0 Å². The van der Waals surface area contributed by atoms with Gasteiger partial charge in [-0.05, 0) is 57.7 Å². The van der Waals surface area contributed by atoms with Crippen molar-refractivity contribution in [2.24, 2.45) is 0 Å². The molecule has 1 aliphatic heterocycles. The van der Waals surface area contributed by atoms with E-state index in [0.29, 0.717) is 6.10 Å². The highest BCUT2D eigenvalue weighted by atomic mass is 32.2. The van der Waals surface area contributed by atoms with Gasteiger partial charge in [-0.1, -0.05) is 6.92 Å². The predicted octanol–water partition coefficient (Wildman–Crippen LogP) is 3.35. The zero-order chi connectivity index (χ0) is 14.0. The van der Waals surface area contributed by atoms with Crippen LogP contribution in [-0.2, 0) is 4.74 Å². The van der Waals surface area contributed by atoms with Crippen LogP contribution in [0.15, 0.2) is 0 Å². The van der Waals surface area contributed by atoms with Gasteiger partial charge in [-0.2, -0.15) is 17.0 Å². The average Bonchev–Trinajstić information content (AvgIpc) is 2.93. The topological polar surface area (TPSA) is 45.0 Å². The normalized spacial score (nSPS) is 22.1. The Morgan fingerprint density at radius 1 is 1.47 bits per heavy atom. The molecular formula is C15H28N2OS. The lowest BCUT2D eigenvalue weighted by molar-refractivity contribution is 0.129. The first kappa shape index (κ1) is 16.8. The molecule has 1 heterocycles. The molecule has 0 aromatic carbocycles. The number of rotatable bonds is 10. The van der Waals surface area contributed by atoms with E-state index in [-0.39, 0.29) is 5.54 Å². The molecule has 4 heteroatoms. The first-order valence-electron chi connectivity index (χ1n) is 7.56. The van der Waals surface area contributed by atoms with Crippen molar-refractivity contribution in [3.63, 3.8) is 0 Å². The monoisotopic (exact) mass is 284 g/mol. The molecule has 2 unspecified atom stereocenters. The van der Waals surface area contributed by atoms with E-state index in [1.807, 2.05) is 18.7 Å². The van der Waals surface area contributed by atoms with Crippen molar-refractivity contribution in [3.05, 3.63) is 0 Å². The van der Waals surface area contributed by atoms with E-state index in [2.05, 4.69) is 18.3 Å². The first-order chi connectivity index (χ1) is 9.20. The Kier molecular flexibility index (Phi) is 8.52. The van der Waals surface area contributed by atoms with Crippen molar-refractivity contribution in [2.45, 2.75) is 64.0 Å². The summed E-state index contributed by atoms with van der Waals surface area (Å²) >= 11 is 2.00. The highest BCUT2D eigenvalue weighted by Crippen LogP contribution is 2.19. The molecule has 0 bridgehead atoms. The molecule has 1 aliphatic rings. The second-order valence-electron chi connectivity index (χ2n) is 5.54. The summed E-state index contributed by atoms with van der Waals surface area (Å²) in [6, 6.07) is 2.41. The third-order valence-electron chi connectivity index (χ3n) is 3.56. The molecule has 0 saturated carbocycles. The van der Waals surface area contributed by atoms with E-state index >= 15 is 0 Å². The minimum atomic E-state index is -0.338. The molecule has 0 amide bonds. The summed E-state index contributed by atoms with van der Waals surface area (Å²) in [4.78, 5) is 0. The van der Waals surface area contributed by atoms with Crippen LogP contribution in [0, 0.1) is 11.3 Å². The standard InChI is InChI=1S/C15H28N2OS/c1-3-9-17-15(2,13-16)8-4-5-11-19-12-14-7-6-10-18-14/h14,17H,3-12H2,1-2H3. The molecule has 0 spiro atoms. The van der Waals surface area contributed by atoms with Crippen LogP contribution in [0.25, 0.3) is 0 Å². The van der Waals surface area contributed by atoms with Gasteiger partial charge in [-0.25, -0.2) is 0 Å². The number of hydrogen-bond donors (Lipinski definition) is 1. The fraction of sp³-hybridized carbons (Fsp3) is 0.933. The number of unbranched alkanes of at least 4 members (excludes halogenated alkanes) is 1. The molecule has 0 aliphatic carbocycles. The number of ether oxygens (including phenoxy) is 1. The van der Waals surface area contributed by atoms with Gasteiger partial charge in [-0.3, -0.25) is 5.32 Å². The van der Waals surface area contributed by atoms with Crippen molar-refractivity contribution in [1.29, 1.82) is 5.26 Å². The summed E-state index contributed by atoms with van der Waals surface area (Å²) in [6.07, 6.45) is 7.32. The Morgan fingerprint density at radius 3 is 2.95 bits per heavy atom. The van der Waals surface area contributed by atoms with Crippen molar-refractivity contribution in [1.82, 2.24) is 5.32 Å². The predicted molar refractivity (Wildman–Crippen MR) is 82.5 cm³/mol. The fourth-order valence-electron chi connectivity index (χ4n) is 2.26. The fourth-order valence-corrected chi connectivity index (χ4v) is 3.36. The third kappa shape index (κ3) is 7.20. The lowest BCUT2D eigenvalue weighted by atomic mass is 9.96. The largest absolute Gasteiger partial charge is 0.377 e. The van der Waals surface area contributed by atoms with Gasteiger partial charge in [0.1, 0.15) is 5.54 Å². The molecule has 1 rings (SSSR count). The zero-order valence-corrected chi connectivity index (χ0v) is 13.2. The SMILES string of the molecule is CCCNC(C)(C#N)CCCCSCC1CCCO1. The number of hydrogen-bond acceptors (Lipinski definition) is 4. The molecule has 0 radical (unpaired) electrons. The first-order valence-corrected chi connectivity index (χ1v) is 8.71. The maximum Gasteiger partial charge on any atom is 0.103 e. The highest BCUT2D eigenvalue weighted by Gasteiger charge is 2.21. The Morgan fingerprint density at radius 2 is 2.32 bits per heavy atom. The van der Waals surface area contributed by atoms with Gasteiger partial charge in [0.05, 0.1) is 12.2 Å². The van der Waals surface area contributed by atoms with Crippen LogP contribution in [0.3, 0.4) is 0 Å². The lowest BCUT2D eigenvalue weighted by Crippen LogP contribution is -2.41. The van der Waals surface area contributed by atoms with Crippen molar-refractivity contribution < 1.29 is 4.74 Å². The molecule has 2 atom stereocenters. The lowest BCUT2D eigenvalue weighted by Gasteiger charge is -2.22. The number of nitriles is 1. The van der Waals surface area contributed by atoms with Gasteiger partial charge in [0, 0.05) is 12.4 Å². The van der Waals surface area contributed by atoms with Crippen molar-refractivity contribution >= 4 is 11.8 Å². The van der Waals surface area contributed by atoms with E-state index in [9.17, 15) is 5.26 Å². The molecule has 1 fully saturated rings. The Bertz CT molecular complexity index is 274. The molecule has 1 saturated heterocycles. The minimum absolute atomic E-state index is 0.338. The maximum atomic E-state index is 9.22. The summed E-state index contributed by atoms with van der Waals surface area (Å²) in [5.74, 6) is 2.33. The number of nitrogens with zero attached hydrogens (tertiary/aromatic N) is 1. The van der Waals surface area contributed by atoms with Crippen LogP contribution in [-0.4, -0.2) is 36.3 Å². The van der Waals surface area contributed by atoms with Crippen LogP contribution in [0.1, 0.15) is 52.4 Å². The van der Waals surface area contributed by atoms with Crippen LogP contribution >= 0.6 is 11.8 Å². The zero-order valence-electron chi connectivity index (χ0n) is 12.4. The average molecular weight is 284 g/mol. The number of nitrogens with one attached hydrogen (secondary N) is 1. The second-order valence-corrected chi connectivity index (χ2v) is 6.69. The van der Waals surface area contributed by atoms with E-state index in [0.717, 1.165) is 38.2 Å². The Balaban J connectivity index is 2.00. The van der Waals surface area contributed by atoms with Crippen LogP contribution < -0.4 is 5.32 Å². The number of thioether (sulfide) groups is 1. The molecule has 0 aromatic rings. The molecule has 0 aromatic heterocycles. The molecule has 110 valence electrons. The quantitative estimate of drug-likeness (QED) is 0.625. The van der Waals surface area contributed by atoms with Gasteiger partial charge in [0.2, 0.25) is 0 Å². The summed E-state index contributed by atoms with van der Waals surface area (Å²) in [6.45, 7) is 6.03. The molecule has 1 N–H and O–H groups in total. The van der Waals surface area contributed by atoms with Gasteiger partial charge >= 0.3 is 0 Å². The summed E-state index contributed by atoms with van der Waals surface area (Å²) in [5.41, 5.74) is -0.338. The maximum absolute atomic E-state index is 9.22. The van der Waals surface area contributed by atoms with E-state index in [1.54, 1.807) is 0 Å². The van der Waals surface area contributed by atoms with Crippen LogP contribution in [0.5, 0.6) is 0 Å². The Hall–Kier alpha value is -0.240. The molecule has 19 heavy (non-hydrogen) atoms. The van der Waals surface area contributed by atoms with Crippen LogP contribution in [0.2, 0.25) is 0 Å². The summed E-state index contributed by atoms with van der Waals surface area (Å²) in [5, 5.41) is 12.6. The Labute approximate surface area is 122 Å². The van der Waals surface area contributed by atoms with E-state index in [4.69, 9.17) is 4.74 Å². The highest BCUT2D eigenvalue weighted by molar-refractivity contribution is 7.99. The van der Waals surface area contributed by atoms with Gasteiger partial charge in [-0.15, -0.1) is 0 Å². The van der Waals surface area contributed by atoms with Gasteiger partial charge in [0.25, 0.3) is 0 Å². The molecule has 3 nitrogen and oxygen atoms in total. The second kappa shape index (κ2) is 9.63. The van der Waals surface area contributed by atoms with Crippen LogP contribution in [0.4, 0.5) is 0 Å². The van der Waals surface area contributed by atoms with Gasteiger partial charge < -0.3 is 4.74 Å². The third-order valence-corrected chi connectivity index (χ3v) is 4.74.